The number of carboxylic acids is 1. The van der Waals surface area contributed by atoms with Crippen LogP contribution in [-0.4, -0.2) is 22.2 Å². The van der Waals surface area contributed by atoms with E-state index in [1.807, 2.05) is 6.07 Å². The van der Waals surface area contributed by atoms with Gasteiger partial charge in [-0.1, -0.05) is 6.92 Å². The minimum atomic E-state index is -0.974. The molecule has 0 bridgehead atoms. The molecule has 1 saturated carbocycles. The minimum absolute atomic E-state index is 0.290. The number of rotatable bonds is 4. The van der Waals surface area contributed by atoms with Crippen molar-refractivity contribution < 1.29 is 14.6 Å². The molecule has 1 aromatic heterocycles. The van der Waals surface area contributed by atoms with Crippen LogP contribution in [0.25, 0.3) is 6.08 Å². The first-order valence-corrected chi connectivity index (χ1v) is 6.67. The van der Waals surface area contributed by atoms with Crippen LogP contribution in [0.1, 0.15) is 38.3 Å². The van der Waals surface area contributed by atoms with Crippen molar-refractivity contribution in [3.05, 3.63) is 30.1 Å². The number of hydrogen-bond acceptors (Lipinski definition) is 3. The second kappa shape index (κ2) is 6.36. The third-order valence-corrected chi connectivity index (χ3v) is 3.42. The lowest BCUT2D eigenvalue weighted by atomic mass is 9.89. The number of carbonyl (C=O) groups is 1. The van der Waals surface area contributed by atoms with Gasteiger partial charge in [0, 0.05) is 6.08 Å². The van der Waals surface area contributed by atoms with E-state index in [-0.39, 0.29) is 0 Å². The molecule has 2 rings (SSSR count). The number of aliphatic carboxylic acids is 1. The number of carboxylic acid groups (broad SMARTS) is 1. The van der Waals surface area contributed by atoms with Crippen molar-refractivity contribution in [3.8, 4) is 5.75 Å². The molecule has 1 N–H and O–H groups in total. The summed E-state index contributed by atoms with van der Waals surface area (Å²) in [7, 11) is 0. The summed E-state index contributed by atoms with van der Waals surface area (Å²) < 4.78 is 5.88. The van der Waals surface area contributed by atoms with Gasteiger partial charge >= 0.3 is 5.97 Å². The third kappa shape index (κ3) is 4.39. The standard InChI is InChI=1S/C15H19NO3/c1-11-2-6-13(7-3-11)19-14-8-4-12(16-10-14)5-9-15(17)18/h4-5,8-11,13H,2-3,6-7H2,1H3,(H,17,18). The average molecular weight is 261 g/mol. The van der Waals surface area contributed by atoms with Crippen LogP contribution < -0.4 is 4.74 Å². The van der Waals surface area contributed by atoms with E-state index in [4.69, 9.17) is 9.84 Å². The molecular formula is C15H19NO3. The lowest BCUT2D eigenvalue weighted by Gasteiger charge is -2.26. The zero-order chi connectivity index (χ0) is 13.7. The molecule has 102 valence electrons. The molecule has 0 amide bonds. The summed E-state index contributed by atoms with van der Waals surface area (Å²) in [5.74, 6) is 0.590. The van der Waals surface area contributed by atoms with Crippen LogP contribution in [0.15, 0.2) is 24.4 Å². The summed E-state index contributed by atoms with van der Waals surface area (Å²) in [5, 5.41) is 8.53. The molecule has 4 nitrogen and oxygen atoms in total. The Kier molecular flexibility index (Phi) is 4.55. The van der Waals surface area contributed by atoms with Crippen molar-refractivity contribution in [2.75, 3.05) is 0 Å². The zero-order valence-corrected chi connectivity index (χ0v) is 11.1. The summed E-state index contributed by atoms with van der Waals surface area (Å²) in [6, 6.07) is 3.60. The molecule has 1 aliphatic rings. The second-order valence-electron chi connectivity index (χ2n) is 5.09. The van der Waals surface area contributed by atoms with Crippen molar-refractivity contribution in [3.63, 3.8) is 0 Å². The van der Waals surface area contributed by atoms with E-state index in [9.17, 15) is 4.79 Å². The van der Waals surface area contributed by atoms with E-state index in [2.05, 4.69) is 11.9 Å². The number of hydrogen-bond donors (Lipinski definition) is 1. The highest BCUT2D eigenvalue weighted by Gasteiger charge is 2.19. The van der Waals surface area contributed by atoms with Crippen LogP contribution in [0.2, 0.25) is 0 Å². The van der Waals surface area contributed by atoms with E-state index >= 15 is 0 Å². The summed E-state index contributed by atoms with van der Waals surface area (Å²) >= 11 is 0. The Balaban J connectivity index is 1.90. The normalized spacial score (nSPS) is 23.4. The molecule has 0 atom stereocenters. The monoisotopic (exact) mass is 261 g/mol. The van der Waals surface area contributed by atoms with Gasteiger partial charge in [-0.3, -0.25) is 4.98 Å². The zero-order valence-electron chi connectivity index (χ0n) is 11.1. The Morgan fingerprint density at radius 3 is 2.68 bits per heavy atom. The number of nitrogens with zero attached hydrogens (tertiary/aromatic N) is 1. The highest BCUT2D eigenvalue weighted by molar-refractivity contribution is 5.84. The van der Waals surface area contributed by atoms with E-state index in [0.29, 0.717) is 11.8 Å². The summed E-state index contributed by atoms with van der Waals surface area (Å²) in [5.41, 5.74) is 0.618. The number of pyridine rings is 1. The lowest BCUT2D eigenvalue weighted by molar-refractivity contribution is -0.131. The molecule has 0 aliphatic heterocycles. The van der Waals surface area contributed by atoms with Gasteiger partial charge in [0.1, 0.15) is 5.75 Å². The molecule has 0 unspecified atom stereocenters. The van der Waals surface area contributed by atoms with Crippen LogP contribution in [0, 0.1) is 5.92 Å². The Bertz CT molecular complexity index is 445. The van der Waals surface area contributed by atoms with Crippen molar-refractivity contribution in [1.82, 2.24) is 4.98 Å². The smallest absolute Gasteiger partial charge is 0.328 e. The molecule has 0 aromatic carbocycles. The Labute approximate surface area is 113 Å². The van der Waals surface area contributed by atoms with Gasteiger partial charge in [0.15, 0.2) is 0 Å². The molecule has 19 heavy (non-hydrogen) atoms. The lowest BCUT2D eigenvalue weighted by Crippen LogP contribution is -2.23. The van der Waals surface area contributed by atoms with Crippen molar-refractivity contribution in [1.29, 1.82) is 0 Å². The molecule has 1 aromatic rings. The van der Waals surface area contributed by atoms with E-state index < -0.39 is 5.97 Å². The van der Waals surface area contributed by atoms with Gasteiger partial charge in [-0.25, -0.2) is 4.79 Å². The summed E-state index contributed by atoms with van der Waals surface area (Å²) in [6.45, 7) is 2.28. The van der Waals surface area contributed by atoms with Crippen molar-refractivity contribution >= 4 is 12.0 Å². The molecule has 0 radical (unpaired) electrons. The average Bonchev–Trinajstić information content (AvgIpc) is 2.40. The quantitative estimate of drug-likeness (QED) is 0.846. The van der Waals surface area contributed by atoms with E-state index in [1.165, 1.54) is 18.9 Å². The fraction of sp³-hybridized carbons (Fsp3) is 0.467. The van der Waals surface area contributed by atoms with E-state index in [0.717, 1.165) is 30.6 Å². The van der Waals surface area contributed by atoms with Crippen LogP contribution in [0.5, 0.6) is 5.75 Å². The maximum atomic E-state index is 10.4. The van der Waals surface area contributed by atoms with Crippen LogP contribution in [0.3, 0.4) is 0 Å². The van der Waals surface area contributed by atoms with Crippen molar-refractivity contribution in [2.24, 2.45) is 5.92 Å². The Morgan fingerprint density at radius 1 is 1.37 bits per heavy atom. The number of aromatic nitrogens is 1. The topological polar surface area (TPSA) is 59.4 Å². The third-order valence-electron chi connectivity index (χ3n) is 3.42. The van der Waals surface area contributed by atoms with Gasteiger partial charge in [-0.2, -0.15) is 0 Å². The molecule has 0 spiro atoms. The van der Waals surface area contributed by atoms with Gasteiger partial charge in [0.25, 0.3) is 0 Å². The van der Waals surface area contributed by atoms with Gasteiger partial charge in [0.05, 0.1) is 18.0 Å². The van der Waals surface area contributed by atoms with Gasteiger partial charge < -0.3 is 9.84 Å². The Morgan fingerprint density at radius 2 is 2.11 bits per heavy atom. The van der Waals surface area contributed by atoms with Gasteiger partial charge in [-0.05, 0) is 49.8 Å². The highest BCUT2D eigenvalue weighted by atomic mass is 16.5. The summed E-state index contributed by atoms with van der Waals surface area (Å²) in [4.78, 5) is 14.5. The van der Waals surface area contributed by atoms with Gasteiger partial charge in [-0.15, -0.1) is 0 Å². The first kappa shape index (κ1) is 13.6. The fourth-order valence-corrected chi connectivity index (χ4v) is 2.26. The predicted molar refractivity (Wildman–Crippen MR) is 73.0 cm³/mol. The molecule has 1 fully saturated rings. The molecule has 4 heteroatoms. The maximum absolute atomic E-state index is 10.4. The second-order valence-corrected chi connectivity index (χ2v) is 5.09. The Hall–Kier alpha value is -1.84. The molecule has 1 aliphatic carbocycles. The van der Waals surface area contributed by atoms with Crippen LogP contribution in [-0.2, 0) is 4.79 Å². The first-order chi connectivity index (χ1) is 9.13. The van der Waals surface area contributed by atoms with E-state index in [1.54, 1.807) is 12.3 Å². The van der Waals surface area contributed by atoms with Crippen LogP contribution >= 0.6 is 0 Å². The SMILES string of the molecule is CC1CCC(Oc2ccc(C=CC(=O)O)nc2)CC1. The summed E-state index contributed by atoms with van der Waals surface area (Å²) in [6.07, 6.45) is 9.12. The number of ether oxygens (including phenoxy) is 1. The van der Waals surface area contributed by atoms with Gasteiger partial charge in [0.2, 0.25) is 0 Å². The highest BCUT2D eigenvalue weighted by Crippen LogP contribution is 2.26. The maximum Gasteiger partial charge on any atom is 0.328 e. The van der Waals surface area contributed by atoms with Crippen LogP contribution in [0.4, 0.5) is 0 Å². The minimum Gasteiger partial charge on any atom is -0.489 e. The largest absolute Gasteiger partial charge is 0.489 e. The molecule has 1 heterocycles. The van der Waals surface area contributed by atoms with Crippen molar-refractivity contribution in [2.45, 2.75) is 38.7 Å². The molecular weight excluding hydrogens is 242 g/mol. The fourth-order valence-electron chi connectivity index (χ4n) is 2.26. The predicted octanol–water partition coefficient (Wildman–Crippen LogP) is 3.14. The molecule has 0 saturated heterocycles. The first-order valence-electron chi connectivity index (χ1n) is 6.67.